The summed E-state index contributed by atoms with van der Waals surface area (Å²) in [5.41, 5.74) is 0.655. The maximum atomic E-state index is 12.8. The zero-order chi connectivity index (χ0) is 17.0. The predicted octanol–water partition coefficient (Wildman–Crippen LogP) is 4.20. The molecule has 3 atom stereocenters. The summed E-state index contributed by atoms with van der Waals surface area (Å²) in [4.78, 5) is 12.8. The lowest BCUT2D eigenvalue weighted by Crippen LogP contribution is -2.43. The summed E-state index contributed by atoms with van der Waals surface area (Å²) in [5, 5.41) is 10.1. The van der Waals surface area contributed by atoms with E-state index in [4.69, 9.17) is 4.74 Å². The summed E-state index contributed by atoms with van der Waals surface area (Å²) >= 11 is 0. The molecular weight excluding hydrogens is 298 g/mol. The molecule has 3 rings (SSSR count). The summed E-state index contributed by atoms with van der Waals surface area (Å²) < 4.78 is 5.09. The molecule has 0 bridgehead atoms. The Balaban J connectivity index is 2.19. The highest BCUT2D eigenvalue weighted by Gasteiger charge is 2.54. The van der Waals surface area contributed by atoms with Gasteiger partial charge in [0.05, 0.1) is 13.2 Å². The third kappa shape index (κ3) is 2.51. The number of carbonyl (C=O) groups is 1. The molecule has 2 aromatic rings. The van der Waals surface area contributed by atoms with Gasteiger partial charge < -0.3 is 4.74 Å². The van der Waals surface area contributed by atoms with Gasteiger partial charge in [-0.15, -0.1) is 0 Å². The number of ether oxygens (including phenoxy) is 1. The number of allylic oxidation sites excluding steroid dienone is 2. The molecule has 1 aliphatic rings. The molecule has 0 fully saturated rings. The van der Waals surface area contributed by atoms with Crippen LogP contribution in [0.3, 0.4) is 0 Å². The van der Waals surface area contributed by atoms with Crippen molar-refractivity contribution in [2.24, 2.45) is 5.41 Å². The highest BCUT2D eigenvalue weighted by Crippen LogP contribution is 2.52. The minimum Gasteiger partial charge on any atom is -0.468 e. The second-order valence-corrected chi connectivity index (χ2v) is 5.99. The third-order valence-electron chi connectivity index (χ3n) is 4.81. The van der Waals surface area contributed by atoms with Crippen molar-refractivity contribution in [3.8, 4) is 6.07 Å². The van der Waals surface area contributed by atoms with Crippen LogP contribution in [0.2, 0.25) is 0 Å². The van der Waals surface area contributed by atoms with E-state index in [2.05, 4.69) is 12.1 Å². The van der Waals surface area contributed by atoms with Crippen LogP contribution in [0.1, 0.15) is 29.4 Å². The molecule has 3 heteroatoms. The van der Waals surface area contributed by atoms with E-state index in [1.165, 1.54) is 7.11 Å². The highest BCUT2D eigenvalue weighted by atomic mass is 16.5. The number of hydrogen-bond donors (Lipinski definition) is 0. The Labute approximate surface area is 142 Å². The molecular formula is C21H19NO2. The maximum absolute atomic E-state index is 12.8. The molecule has 120 valence electrons. The molecule has 24 heavy (non-hydrogen) atoms. The summed E-state index contributed by atoms with van der Waals surface area (Å²) in [6.07, 6.45) is 4.67. The monoisotopic (exact) mass is 317 g/mol. The number of carbonyl (C=O) groups excluding carboxylic acids is 1. The lowest BCUT2D eigenvalue weighted by Gasteiger charge is -2.40. The second-order valence-electron chi connectivity index (χ2n) is 5.99. The first kappa shape index (κ1) is 16.0. The van der Waals surface area contributed by atoms with Gasteiger partial charge in [-0.25, -0.2) is 0 Å². The van der Waals surface area contributed by atoms with Crippen LogP contribution >= 0.6 is 0 Å². The lowest BCUT2D eigenvalue weighted by molar-refractivity contribution is -0.151. The molecule has 0 aliphatic heterocycles. The fourth-order valence-corrected chi connectivity index (χ4v) is 3.66. The molecule has 0 amide bonds. The van der Waals surface area contributed by atoms with E-state index >= 15 is 0 Å². The zero-order valence-electron chi connectivity index (χ0n) is 13.6. The first-order valence-electron chi connectivity index (χ1n) is 8.00. The highest BCUT2D eigenvalue weighted by molar-refractivity contribution is 5.84. The first-order chi connectivity index (χ1) is 11.7. The Morgan fingerprint density at radius 2 is 1.67 bits per heavy atom. The fraction of sp³-hybridized carbons (Fsp3) is 0.238. The Morgan fingerprint density at radius 3 is 2.21 bits per heavy atom. The summed E-state index contributed by atoms with van der Waals surface area (Å²) in [5.74, 6) is -1.06. The van der Waals surface area contributed by atoms with Crippen LogP contribution in [0.15, 0.2) is 72.8 Å². The van der Waals surface area contributed by atoms with Gasteiger partial charge >= 0.3 is 5.97 Å². The van der Waals surface area contributed by atoms with E-state index < -0.39 is 11.4 Å². The van der Waals surface area contributed by atoms with Gasteiger partial charge in [-0.3, -0.25) is 4.79 Å². The van der Waals surface area contributed by atoms with Crippen molar-refractivity contribution in [1.82, 2.24) is 0 Å². The van der Waals surface area contributed by atoms with Crippen molar-refractivity contribution >= 4 is 5.97 Å². The number of nitrogens with zero attached hydrogens (tertiary/aromatic N) is 1. The van der Waals surface area contributed by atoms with E-state index in [0.717, 1.165) is 11.1 Å². The van der Waals surface area contributed by atoms with Crippen molar-refractivity contribution < 1.29 is 9.53 Å². The second kappa shape index (κ2) is 6.72. The molecule has 0 unspecified atom stereocenters. The van der Waals surface area contributed by atoms with Gasteiger partial charge in [-0.1, -0.05) is 72.8 Å². The number of methoxy groups -OCH3 is 1. The minimum absolute atomic E-state index is 0.244. The van der Waals surface area contributed by atoms with Crippen LogP contribution in [0.4, 0.5) is 0 Å². The fourth-order valence-electron chi connectivity index (χ4n) is 3.66. The molecule has 0 aromatic heterocycles. The van der Waals surface area contributed by atoms with Gasteiger partial charge in [0.2, 0.25) is 0 Å². The van der Waals surface area contributed by atoms with E-state index in [1.807, 2.05) is 66.7 Å². The number of rotatable bonds is 3. The van der Waals surface area contributed by atoms with Gasteiger partial charge in [0, 0.05) is 11.8 Å². The van der Waals surface area contributed by atoms with Gasteiger partial charge in [0.15, 0.2) is 5.41 Å². The average molecular weight is 317 g/mol. The van der Waals surface area contributed by atoms with Crippen LogP contribution in [-0.2, 0) is 9.53 Å². The van der Waals surface area contributed by atoms with Crippen LogP contribution in [0, 0.1) is 16.7 Å². The van der Waals surface area contributed by atoms with Crippen molar-refractivity contribution in [2.75, 3.05) is 7.11 Å². The Kier molecular flexibility index (Phi) is 4.48. The quantitative estimate of drug-likeness (QED) is 0.630. The molecule has 0 N–H and O–H groups in total. The van der Waals surface area contributed by atoms with Crippen molar-refractivity contribution in [2.45, 2.75) is 18.3 Å². The van der Waals surface area contributed by atoms with E-state index in [0.29, 0.717) is 6.42 Å². The molecule has 1 aliphatic carbocycles. The van der Waals surface area contributed by atoms with E-state index in [9.17, 15) is 10.1 Å². The SMILES string of the molecule is COC(=O)[C@]1(C#N)[C@@H](c2ccccc2)C=CC[C@H]1c1ccccc1. The van der Waals surface area contributed by atoms with Crippen LogP contribution in [0.5, 0.6) is 0 Å². The van der Waals surface area contributed by atoms with Crippen LogP contribution < -0.4 is 0 Å². The topological polar surface area (TPSA) is 50.1 Å². The number of nitriles is 1. The first-order valence-corrected chi connectivity index (χ1v) is 8.00. The predicted molar refractivity (Wildman–Crippen MR) is 92.2 cm³/mol. The lowest BCUT2D eigenvalue weighted by atomic mass is 9.59. The molecule has 0 saturated carbocycles. The third-order valence-corrected chi connectivity index (χ3v) is 4.81. The van der Waals surface area contributed by atoms with Crippen LogP contribution in [-0.4, -0.2) is 13.1 Å². The Hall–Kier alpha value is -2.86. The van der Waals surface area contributed by atoms with Gasteiger partial charge in [0.25, 0.3) is 0 Å². The van der Waals surface area contributed by atoms with Crippen molar-refractivity contribution in [1.29, 1.82) is 5.26 Å². The summed E-state index contributed by atoms with van der Waals surface area (Å²) in [6.45, 7) is 0. The average Bonchev–Trinajstić information content (AvgIpc) is 2.67. The number of esters is 1. The number of benzene rings is 2. The molecule has 0 radical (unpaired) electrons. The van der Waals surface area contributed by atoms with Gasteiger partial charge in [-0.05, 0) is 17.5 Å². The molecule has 2 aromatic carbocycles. The minimum atomic E-state index is -1.27. The molecule has 0 spiro atoms. The van der Waals surface area contributed by atoms with Crippen LogP contribution in [0.25, 0.3) is 0 Å². The van der Waals surface area contributed by atoms with Crippen molar-refractivity contribution in [3.63, 3.8) is 0 Å². The Morgan fingerprint density at radius 1 is 1.08 bits per heavy atom. The van der Waals surface area contributed by atoms with Gasteiger partial charge in [-0.2, -0.15) is 5.26 Å². The van der Waals surface area contributed by atoms with Crippen molar-refractivity contribution in [3.05, 3.63) is 83.9 Å². The van der Waals surface area contributed by atoms with Gasteiger partial charge in [0.1, 0.15) is 0 Å². The normalized spacial score (nSPS) is 25.7. The smallest absolute Gasteiger partial charge is 0.327 e. The zero-order valence-corrected chi connectivity index (χ0v) is 13.6. The number of hydrogen-bond acceptors (Lipinski definition) is 3. The molecule has 0 heterocycles. The standard InChI is InChI=1S/C21H19NO2/c1-24-20(23)21(15-22)18(16-9-4-2-5-10-16)13-8-14-19(21)17-11-6-3-7-12-17/h2-13,18-19H,14H2,1H3/t18-,19+,21-/m1/s1. The molecule has 0 saturated heterocycles. The largest absolute Gasteiger partial charge is 0.468 e. The summed E-state index contributed by atoms with van der Waals surface area (Å²) in [6, 6.07) is 21.8. The molecule has 3 nitrogen and oxygen atoms in total. The summed E-state index contributed by atoms with van der Waals surface area (Å²) in [7, 11) is 1.35. The Bertz CT molecular complexity index is 776. The maximum Gasteiger partial charge on any atom is 0.327 e. The van der Waals surface area contributed by atoms with E-state index in [-0.39, 0.29) is 11.8 Å². The van der Waals surface area contributed by atoms with E-state index in [1.54, 1.807) is 0 Å².